The molecule has 0 aliphatic carbocycles. The molecule has 4 aromatic rings. The second-order valence-electron chi connectivity index (χ2n) is 5.81. The Hall–Kier alpha value is -4.27. The number of H-pyrrole nitrogens is 1. The van der Waals surface area contributed by atoms with Crippen LogP contribution in [0.25, 0.3) is 11.3 Å². The molecule has 0 unspecified atom stereocenters. The Balaban J connectivity index is 1.65. The number of benzene rings is 2. The summed E-state index contributed by atoms with van der Waals surface area (Å²) in [5, 5.41) is 25.8. The first-order valence-corrected chi connectivity index (χ1v) is 8.35. The van der Waals surface area contributed by atoms with Crippen molar-refractivity contribution in [3.63, 3.8) is 0 Å². The highest BCUT2D eigenvalue weighted by atomic mass is 16.4. The number of anilines is 4. The highest BCUT2D eigenvalue weighted by Gasteiger charge is 2.13. The summed E-state index contributed by atoms with van der Waals surface area (Å²) in [4.78, 5) is 19.8. The lowest BCUT2D eigenvalue weighted by Crippen LogP contribution is -2.03. The SMILES string of the molecule is O=C(O)c1ccc(Nc2ncc(-c3cn[nH]n3)c(Nc3ccccc3)n2)cc1. The molecule has 2 aromatic heterocycles. The van der Waals surface area contributed by atoms with Gasteiger partial charge in [-0.25, -0.2) is 9.78 Å². The molecule has 0 bridgehead atoms. The van der Waals surface area contributed by atoms with E-state index in [1.54, 1.807) is 24.5 Å². The van der Waals surface area contributed by atoms with Gasteiger partial charge < -0.3 is 15.7 Å². The minimum Gasteiger partial charge on any atom is -0.478 e. The van der Waals surface area contributed by atoms with Crippen molar-refractivity contribution in [2.75, 3.05) is 10.6 Å². The van der Waals surface area contributed by atoms with Crippen LogP contribution in [0.4, 0.5) is 23.1 Å². The van der Waals surface area contributed by atoms with Crippen molar-refractivity contribution in [2.24, 2.45) is 0 Å². The van der Waals surface area contributed by atoms with E-state index in [1.165, 1.54) is 12.1 Å². The van der Waals surface area contributed by atoms with Gasteiger partial charge in [-0.05, 0) is 36.4 Å². The Labute approximate surface area is 159 Å². The molecule has 0 fully saturated rings. The predicted molar refractivity (Wildman–Crippen MR) is 104 cm³/mol. The molecule has 2 aromatic carbocycles. The zero-order chi connectivity index (χ0) is 19.3. The summed E-state index contributed by atoms with van der Waals surface area (Å²) in [6, 6.07) is 15.9. The summed E-state index contributed by atoms with van der Waals surface area (Å²) < 4.78 is 0. The lowest BCUT2D eigenvalue weighted by Gasteiger charge is -2.12. The number of para-hydroxylation sites is 1. The van der Waals surface area contributed by atoms with Crippen molar-refractivity contribution in [1.82, 2.24) is 25.4 Å². The molecular weight excluding hydrogens is 358 g/mol. The molecule has 9 nitrogen and oxygen atoms in total. The van der Waals surface area contributed by atoms with Crippen LogP contribution in [0.3, 0.4) is 0 Å². The molecule has 28 heavy (non-hydrogen) atoms. The molecule has 0 aliphatic rings. The molecule has 4 rings (SSSR count). The van der Waals surface area contributed by atoms with Gasteiger partial charge in [0.25, 0.3) is 0 Å². The first-order valence-electron chi connectivity index (χ1n) is 8.35. The fourth-order valence-electron chi connectivity index (χ4n) is 2.54. The Morgan fingerprint density at radius 3 is 2.36 bits per heavy atom. The molecule has 0 saturated carbocycles. The van der Waals surface area contributed by atoms with Crippen molar-refractivity contribution < 1.29 is 9.90 Å². The van der Waals surface area contributed by atoms with E-state index in [2.05, 4.69) is 36.0 Å². The van der Waals surface area contributed by atoms with E-state index in [-0.39, 0.29) is 5.56 Å². The standard InChI is InChI=1S/C19H15N7O2/c27-18(28)12-6-8-14(9-7-12)23-19-20-10-15(16-11-21-26-25-16)17(24-19)22-13-4-2-1-3-5-13/h1-11H,(H,27,28)(H,21,25,26)(H2,20,22,23,24). The van der Waals surface area contributed by atoms with Crippen LogP contribution in [0.15, 0.2) is 67.0 Å². The first-order chi connectivity index (χ1) is 13.7. The number of aromatic nitrogens is 5. The molecule has 2 heterocycles. The molecule has 0 saturated heterocycles. The van der Waals surface area contributed by atoms with E-state index < -0.39 is 5.97 Å². The number of nitrogens with one attached hydrogen (secondary N) is 3. The van der Waals surface area contributed by atoms with Gasteiger partial charge in [0.05, 0.1) is 17.3 Å². The zero-order valence-electron chi connectivity index (χ0n) is 14.5. The van der Waals surface area contributed by atoms with Crippen LogP contribution in [0.5, 0.6) is 0 Å². The Kier molecular flexibility index (Phi) is 4.62. The molecule has 0 spiro atoms. The monoisotopic (exact) mass is 373 g/mol. The second-order valence-corrected chi connectivity index (χ2v) is 5.81. The van der Waals surface area contributed by atoms with E-state index in [1.807, 2.05) is 30.3 Å². The Morgan fingerprint density at radius 2 is 1.68 bits per heavy atom. The minimum absolute atomic E-state index is 0.208. The van der Waals surface area contributed by atoms with Gasteiger partial charge in [-0.1, -0.05) is 18.2 Å². The number of nitrogens with zero attached hydrogens (tertiary/aromatic N) is 4. The van der Waals surface area contributed by atoms with Crippen LogP contribution >= 0.6 is 0 Å². The molecule has 0 atom stereocenters. The number of aromatic carboxylic acids is 1. The molecule has 138 valence electrons. The van der Waals surface area contributed by atoms with E-state index in [0.717, 1.165) is 5.69 Å². The lowest BCUT2D eigenvalue weighted by atomic mass is 10.2. The largest absolute Gasteiger partial charge is 0.478 e. The van der Waals surface area contributed by atoms with E-state index in [0.29, 0.717) is 28.7 Å². The van der Waals surface area contributed by atoms with Crippen LogP contribution in [-0.4, -0.2) is 36.5 Å². The fraction of sp³-hybridized carbons (Fsp3) is 0. The quantitative estimate of drug-likeness (QED) is 0.404. The van der Waals surface area contributed by atoms with Gasteiger partial charge in [-0.3, -0.25) is 0 Å². The predicted octanol–water partition coefficient (Wildman–Crippen LogP) is 3.45. The van der Waals surface area contributed by atoms with Gasteiger partial charge in [0, 0.05) is 17.6 Å². The molecule has 4 N–H and O–H groups in total. The van der Waals surface area contributed by atoms with Crippen molar-refractivity contribution >= 4 is 29.1 Å². The highest BCUT2D eigenvalue weighted by Crippen LogP contribution is 2.28. The van der Waals surface area contributed by atoms with Crippen molar-refractivity contribution in [2.45, 2.75) is 0 Å². The number of aromatic amines is 1. The normalized spacial score (nSPS) is 10.4. The maximum Gasteiger partial charge on any atom is 0.335 e. The van der Waals surface area contributed by atoms with Gasteiger partial charge >= 0.3 is 5.97 Å². The van der Waals surface area contributed by atoms with Crippen LogP contribution in [0.2, 0.25) is 0 Å². The van der Waals surface area contributed by atoms with E-state index >= 15 is 0 Å². The van der Waals surface area contributed by atoms with Gasteiger partial charge in [0.2, 0.25) is 5.95 Å². The third-order valence-electron chi connectivity index (χ3n) is 3.90. The average molecular weight is 373 g/mol. The molecule has 0 radical (unpaired) electrons. The number of hydrogen-bond acceptors (Lipinski definition) is 7. The van der Waals surface area contributed by atoms with Crippen LogP contribution < -0.4 is 10.6 Å². The second kappa shape index (κ2) is 7.54. The zero-order valence-corrected chi connectivity index (χ0v) is 14.5. The lowest BCUT2D eigenvalue weighted by molar-refractivity contribution is 0.0697. The molecule has 9 heteroatoms. The number of carbonyl (C=O) groups is 1. The maximum atomic E-state index is 11.0. The smallest absolute Gasteiger partial charge is 0.335 e. The molecule has 0 amide bonds. The van der Waals surface area contributed by atoms with Crippen LogP contribution in [0, 0.1) is 0 Å². The third kappa shape index (κ3) is 3.78. The maximum absolute atomic E-state index is 11.0. The fourth-order valence-corrected chi connectivity index (χ4v) is 2.54. The highest BCUT2D eigenvalue weighted by molar-refractivity contribution is 5.88. The number of carboxylic acid groups (broad SMARTS) is 1. The number of rotatable bonds is 6. The summed E-state index contributed by atoms with van der Waals surface area (Å²) in [5.41, 5.74) is 3.03. The number of hydrogen-bond donors (Lipinski definition) is 4. The summed E-state index contributed by atoms with van der Waals surface area (Å²) in [7, 11) is 0. The van der Waals surface area contributed by atoms with Gasteiger partial charge in [0.15, 0.2) is 0 Å². The molecular formula is C19H15N7O2. The number of carboxylic acids is 1. The first kappa shape index (κ1) is 17.2. The van der Waals surface area contributed by atoms with Crippen molar-refractivity contribution in [3.8, 4) is 11.3 Å². The summed E-state index contributed by atoms with van der Waals surface area (Å²) in [5.74, 6) is -0.0670. The Bertz CT molecular complexity index is 1080. The summed E-state index contributed by atoms with van der Waals surface area (Å²) in [6.07, 6.45) is 3.23. The van der Waals surface area contributed by atoms with Crippen molar-refractivity contribution in [3.05, 3.63) is 72.6 Å². The molecule has 0 aliphatic heterocycles. The van der Waals surface area contributed by atoms with Crippen molar-refractivity contribution in [1.29, 1.82) is 0 Å². The summed E-state index contributed by atoms with van der Waals surface area (Å²) >= 11 is 0. The van der Waals surface area contributed by atoms with Crippen LogP contribution in [-0.2, 0) is 0 Å². The van der Waals surface area contributed by atoms with Gasteiger partial charge in [-0.2, -0.15) is 20.4 Å². The topological polar surface area (TPSA) is 129 Å². The van der Waals surface area contributed by atoms with Crippen LogP contribution in [0.1, 0.15) is 10.4 Å². The summed E-state index contributed by atoms with van der Waals surface area (Å²) in [6.45, 7) is 0. The van der Waals surface area contributed by atoms with Gasteiger partial charge in [-0.15, -0.1) is 0 Å². The third-order valence-corrected chi connectivity index (χ3v) is 3.90. The Morgan fingerprint density at radius 1 is 0.929 bits per heavy atom. The minimum atomic E-state index is -0.978. The van der Waals surface area contributed by atoms with E-state index in [9.17, 15) is 4.79 Å². The van der Waals surface area contributed by atoms with E-state index in [4.69, 9.17) is 5.11 Å². The average Bonchev–Trinajstić information content (AvgIpc) is 3.24. The van der Waals surface area contributed by atoms with Gasteiger partial charge in [0.1, 0.15) is 11.5 Å².